The molecule has 2 rings (SSSR count). The molecule has 1 heterocycles. The summed E-state index contributed by atoms with van der Waals surface area (Å²) in [4.78, 5) is 35.6. The van der Waals surface area contributed by atoms with Gasteiger partial charge in [-0.3, -0.25) is 9.59 Å². The van der Waals surface area contributed by atoms with E-state index in [2.05, 4.69) is 20.8 Å². The lowest BCUT2D eigenvalue weighted by Gasteiger charge is -2.38. The largest absolute Gasteiger partial charge is 0.460 e. The van der Waals surface area contributed by atoms with Crippen LogP contribution in [0.25, 0.3) is 0 Å². The molecule has 2 aliphatic rings. The first-order valence-electron chi connectivity index (χ1n) is 8.89. The molecule has 0 radical (unpaired) electrons. The van der Waals surface area contributed by atoms with Gasteiger partial charge in [0.2, 0.25) is 12.1 Å². The summed E-state index contributed by atoms with van der Waals surface area (Å²) in [5.74, 6) is -1.74. The molecule has 1 aliphatic heterocycles. The number of hydrogen-bond donors (Lipinski definition) is 0. The Morgan fingerprint density at radius 2 is 2.00 bits per heavy atom. The van der Waals surface area contributed by atoms with Crippen molar-refractivity contribution in [1.29, 1.82) is 0 Å². The van der Waals surface area contributed by atoms with E-state index in [9.17, 15) is 14.4 Å². The molecule has 0 spiro atoms. The minimum absolute atomic E-state index is 0.0675. The predicted molar refractivity (Wildman–Crippen MR) is 85.8 cm³/mol. The van der Waals surface area contributed by atoms with Gasteiger partial charge in [0.25, 0.3) is 0 Å². The molecule has 6 heteroatoms. The Morgan fingerprint density at radius 1 is 1.29 bits per heavy atom. The normalized spacial score (nSPS) is 33.4. The molecule has 2 fully saturated rings. The van der Waals surface area contributed by atoms with Crippen LogP contribution in [-0.4, -0.2) is 36.7 Å². The second-order valence-electron chi connectivity index (χ2n) is 7.25. The van der Waals surface area contributed by atoms with Crippen molar-refractivity contribution in [3.05, 3.63) is 0 Å². The van der Waals surface area contributed by atoms with Crippen molar-refractivity contribution in [2.24, 2.45) is 23.7 Å². The van der Waals surface area contributed by atoms with Crippen molar-refractivity contribution in [3.63, 3.8) is 0 Å². The third-order valence-corrected chi connectivity index (χ3v) is 5.05. The van der Waals surface area contributed by atoms with E-state index in [0.29, 0.717) is 17.8 Å². The van der Waals surface area contributed by atoms with Gasteiger partial charge in [0.15, 0.2) is 0 Å². The first-order chi connectivity index (χ1) is 11.3. The SMILES string of the molecule is CCOC(=O)C(=O)[C@H]1CC(=O)O[C@H]1O[C@@H]1C[C@H](C)CC[C@H]1C(C)C. The molecule has 0 bridgehead atoms. The van der Waals surface area contributed by atoms with Crippen molar-refractivity contribution in [3.8, 4) is 0 Å². The lowest BCUT2D eigenvalue weighted by Crippen LogP contribution is -2.41. The Bertz CT molecular complexity index is 486. The van der Waals surface area contributed by atoms with Crippen LogP contribution in [0.2, 0.25) is 0 Å². The van der Waals surface area contributed by atoms with Crippen LogP contribution in [-0.2, 0) is 28.6 Å². The number of carbonyl (C=O) groups is 3. The summed E-state index contributed by atoms with van der Waals surface area (Å²) in [7, 11) is 0. The fourth-order valence-corrected chi connectivity index (χ4v) is 3.67. The molecular formula is C18H28O6. The maximum Gasteiger partial charge on any atom is 0.375 e. The van der Waals surface area contributed by atoms with Gasteiger partial charge in [-0.1, -0.05) is 27.2 Å². The molecule has 0 aromatic carbocycles. The second-order valence-corrected chi connectivity index (χ2v) is 7.25. The highest BCUT2D eigenvalue weighted by Crippen LogP contribution is 2.38. The Hall–Kier alpha value is -1.43. The van der Waals surface area contributed by atoms with Crippen LogP contribution < -0.4 is 0 Å². The fraction of sp³-hybridized carbons (Fsp3) is 0.833. The molecule has 1 saturated carbocycles. The molecule has 0 unspecified atom stereocenters. The first-order valence-corrected chi connectivity index (χ1v) is 8.89. The minimum Gasteiger partial charge on any atom is -0.460 e. The molecular weight excluding hydrogens is 312 g/mol. The molecule has 1 saturated heterocycles. The molecule has 136 valence electrons. The van der Waals surface area contributed by atoms with Crippen LogP contribution in [0.3, 0.4) is 0 Å². The molecule has 6 nitrogen and oxygen atoms in total. The zero-order valence-corrected chi connectivity index (χ0v) is 14.9. The second kappa shape index (κ2) is 8.10. The van der Waals surface area contributed by atoms with Gasteiger partial charge in [0.1, 0.15) is 5.92 Å². The number of ether oxygens (including phenoxy) is 3. The molecule has 24 heavy (non-hydrogen) atoms. The number of ketones is 1. The lowest BCUT2D eigenvalue weighted by molar-refractivity contribution is -0.197. The highest BCUT2D eigenvalue weighted by Gasteiger charge is 2.46. The van der Waals surface area contributed by atoms with E-state index in [0.717, 1.165) is 19.3 Å². The van der Waals surface area contributed by atoms with Crippen molar-refractivity contribution in [2.75, 3.05) is 6.61 Å². The first kappa shape index (κ1) is 18.9. The van der Waals surface area contributed by atoms with E-state index in [-0.39, 0.29) is 19.1 Å². The Labute approximate surface area is 143 Å². The van der Waals surface area contributed by atoms with E-state index >= 15 is 0 Å². The Balaban J connectivity index is 2.08. The number of cyclic esters (lactones) is 1. The average molecular weight is 340 g/mol. The maximum atomic E-state index is 12.2. The number of rotatable bonds is 6. The predicted octanol–water partition coefficient (Wildman–Crippen LogP) is 2.49. The van der Waals surface area contributed by atoms with E-state index in [1.165, 1.54) is 0 Å². The van der Waals surface area contributed by atoms with Crippen LogP contribution in [0, 0.1) is 23.7 Å². The Kier molecular flexibility index (Phi) is 6.38. The average Bonchev–Trinajstić information content (AvgIpc) is 2.87. The smallest absolute Gasteiger partial charge is 0.375 e. The molecule has 5 atom stereocenters. The summed E-state index contributed by atoms with van der Waals surface area (Å²) in [6.45, 7) is 8.23. The summed E-state index contributed by atoms with van der Waals surface area (Å²) in [6.07, 6.45) is 1.90. The van der Waals surface area contributed by atoms with E-state index < -0.39 is 29.9 Å². The van der Waals surface area contributed by atoms with Crippen molar-refractivity contribution in [1.82, 2.24) is 0 Å². The van der Waals surface area contributed by atoms with Gasteiger partial charge in [0, 0.05) is 0 Å². The maximum absolute atomic E-state index is 12.2. The number of hydrogen-bond acceptors (Lipinski definition) is 6. The summed E-state index contributed by atoms with van der Waals surface area (Å²) < 4.78 is 16.0. The van der Waals surface area contributed by atoms with Crippen molar-refractivity contribution < 1.29 is 28.6 Å². The quantitative estimate of drug-likeness (QED) is 0.546. The standard InChI is InChI=1S/C18H28O6/c1-5-22-17(21)16(20)13-9-15(19)24-18(13)23-14-8-11(4)6-7-12(14)10(2)3/h10-14,18H,5-9H2,1-4H3/t11-,12+,13-,14-,18-/m1/s1. The van der Waals surface area contributed by atoms with Gasteiger partial charge in [-0.2, -0.15) is 0 Å². The summed E-state index contributed by atoms with van der Waals surface area (Å²) in [6, 6.07) is 0. The van der Waals surface area contributed by atoms with E-state index in [1.54, 1.807) is 6.92 Å². The monoisotopic (exact) mass is 340 g/mol. The van der Waals surface area contributed by atoms with Gasteiger partial charge in [-0.15, -0.1) is 0 Å². The van der Waals surface area contributed by atoms with Crippen LogP contribution in [0.4, 0.5) is 0 Å². The molecule has 0 aromatic rings. The zero-order chi connectivity index (χ0) is 17.9. The van der Waals surface area contributed by atoms with Gasteiger partial charge in [-0.05, 0) is 37.5 Å². The number of Topliss-reactive ketones (excluding diaryl/α,β-unsaturated/α-hetero) is 1. The molecule has 0 aromatic heterocycles. The van der Waals surface area contributed by atoms with Gasteiger partial charge in [-0.25, -0.2) is 4.79 Å². The summed E-state index contributed by atoms with van der Waals surface area (Å²) in [5.41, 5.74) is 0. The number of carbonyl (C=O) groups excluding carboxylic acids is 3. The van der Waals surface area contributed by atoms with E-state index in [4.69, 9.17) is 14.2 Å². The third-order valence-electron chi connectivity index (χ3n) is 5.05. The topological polar surface area (TPSA) is 78.9 Å². The highest BCUT2D eigenvalue weighted by atomic mass is 16.7. The molecule has 0 amide bonds. The molecule has 0 N–H and O–H groups in total. The van der Waals surface area contributed by atoms with Crippen molar-refractivity contribution in [2.45, 2.75) is 65.8 Å². The summed E-state index contributed by atoms with van der Waals surface area (Å²) in [5, 5.41) is 0. The minimum atomic E-state index is -0.981. The molecule has 1 aliphatic carbocycles. The third kappa shape index (κ3) is 4.35. The van der Waals surface area contributed by atoms with Gasteiger partial charge >= 0.3 is 11.9 Å². The van der Waals surface area contributed by atoms with Crippen molar-refractivity contribution >= 4 is 17.7 Å². The van der Waals surface area contributed by atoms with Gasteiger partial charge < -0.3 is 14.2 Å². The van der Waals surface area contributed by atoms with Crippen LogP contribution in [0.15, 0.2) is 0 Å². The van der Waals surface area contributed by atoms with Crippen LogP contribution >= 0.6 is 0 Å². The lowest BCUT2D eigenvalue weighted by atomic mass is 9.75. The highest BCUT2D eigenvalue weighted by molar-refractivity contribution is 6.35. The zero-order valence-electron chi connectivity index (χ0n) is 14.9. The Morgan fingerprint density at radius 3 is 2.62 bits per heavy atom. The fourth-order valence-electron chi connectivity index (χ4n) is 3.67. The van der Waals surface area contributed by atoms with E-state index in [1.807, 2.05) is 0 Å². The van der Waals surface area contributed by atoms with Crippen LogP contribution in [0.5, 0.6) is 0 Å². The van der Waals surface area contributed by atoms with Gasteiger partial charge in [0.05, 0.1) is 19.1 Å². The van der Waals surface area contributed by atoms with Crippen LogP contribution in [0.1, 0.15) is 53.4 Å². The number of esters is 2. The summed E-state index contributed by atoms with van der Waals surface area (Å²) >= 11 is 0.